The van der Waals surface area contributed by atoms with Gasteiger partial charge in [-0.2, -0.15) is 0 Å². The molecule has 0 spiro atoms. The van der Waals surface area contributed by atoms with E-state index in [1.165, 1.54) is 13.3 Å². The predicted octanol–water partition coefficient (Wildman–Crippen LogP) is 6.06. The van der Waals surface area contributed by atoms with Crippen LogP contribution in [0.25, 0.3) is 23.1 Å². The fourth-order valence-corrected chi connectivity index (χ4v) is 4.31. The topological polar surface area (TPSA) is 91.5 Å². The molecular weight excluding hydrogens is 484 g/mol. The highest BCUT2D eigenvalue weighted by atomic mass is 16.5. The van der Waals surface area contributed by atoms with E-state index in [1.54, 1.807) is 33.5 Å². The molecule has 4 aromatic rings. The number of aliphatic imine (C=N–C) groups is 1. The minimum absolute atomic E-state index is 0.0489. The number of aromatic nitrogens is 1. The molecule has 1 heterocycles. The van der Waals surface area contributed by atoms with E-state index >= 15 is 0 Å². The number of nitrogens with zero attached hydrogens (tertiary/aromatic N) is 2. The van der Waals surface area contributed by atoms with Gasteiger partial charge in [0.2, 0.25) is 5.75 Å². The molecule has 8 heteroatoms. The lowest BCUT2D eigenvalue weighted by Gasteiger charge is -2.13. The van der Waals surface area contributed by atoms with E-state index < -0.39 is 0 Å². The Bertz CT molecular complexity index is 1510. The van der Waals surface area contributed by atoms with Gasteiger partial charge in [-0.15, -0.1) is 0 Å². The number of ketones is 1. The number of methoxy groups -OCH3 is 4. The summed E-state index contributed by atoms with van der Waals surface area (Å²) in [4.78, 5) is 17.4. The minimum Gasteiger partial charge on any atom is -0.504 e. The van der Waals surface area contributed by atoms with Crippen LogP contribution in [-0.4, -0.2) is 50.1 Å². The number of carbonyl (C=O) groups excluding carboxylic acids is 1. The molecule has 0 saturated heterocycles. The lowest BCUT2D eigenvalue weighted by molar-refractivity contribution is 0.100. The van der Waals surface area contributed by atoms with Crippen molar-refractivity contribution in [1.29, 1.82) is 0 Å². The van der Waals surface area contributed by atoms with Crippen LogP contribution in [0, 0.1) is 0 Å². The number of fused-ring (bicyclic) bond motifs is 1. The number of ether oxygens (including phenoxy) is 4. The van der Waals surface area contributed by atoms with Gasteiger partial charge in [0.1, 0.15) is 5.69 Å². The molecule has 196 valence electrons. The molecule has 4 rings (SSSR count). The molecule has 0 aliphatic rings. The van der Waals surface area contributed by atoms with Crippen molar-refractivity contribution in [1.82, 2.24) is 4.57 Å². The summed E-state index contributed by atoms with van der Waals surface area (Å²) in [5.41, 5.74) is 3.53. The summed E-state index contributed by atoms with van der Waals surface area (Å²) in [7, 11) is 8.04. The maximum absolute atomic E-state index is 12.9. The average Bonchev–Trinajstić information content (AvgIpc) is 3.27. The Balaban J connectivity index is 1.59. The van der Waals surface area contributed by atoms with Crippen molar-refractivity contribution < 1.29 is 28.8 Å². The third-order valence-corrected chi connectivity index (χ3v) is 6.14. The number of phenols is 1. The smallest absolute Gasteiger partial charge is 0.203 e. The molecular formula is C30H30N2O6. The minimum atomic E-state index is -0.0629. The molecule has 0 amide bonds. The van der Waals surface area contributed by atoms with Crippen molar-refractivity contribution in [2.75, 3.05) is 28.4 Å². The Kier molecular flexibility index (Phi) is 8.01. The first kappa shape index (κ1) is 26.3. The fourth-order valence-electron chi connectivity index (χ4n) is 4.31. The SMILES string of the molecule is COc1cc(/C=C\c2cc(O)c(OC)c(N=CCC(=O)c3cn(C)c4ccccc34)c2)cc(OC)c1OC. The summed E-state index contributed by atoms with van der Waals surface area (Å²) in [6, 6.07) is 14.8. The molecule has 0 saturated carbocycles. The van der Waals surface area contributed by atoms with Crippen molar-refractivity contribution in [3.63, 3.8) is 0 Å². The molecule has 0 bridgehead atoms. The zero-order valence-electron chi connectivity index (χ0n) is 22.0. The summed E-state index contributed by atoms with van der Waals surface area (Å²) in [5, 5.41) is 11.5. The lowest BCUT2D eigenvalue weighted by atomic mass is 10.1. The van der Waals surface area contributed by atoms with Crippen molar-refractivity contribution >= 4 is 40.7 Å². The number of hydrogen-bond acceptors (Lipinski definition) is 7. The molecule has 0 fully saturated rings. The van der Waals surface area contributed by atoms with Crippen LogP contribution in [0.3, 0.4) is 0 Å². The van der Waals surface area contributed by atoms with Gasteiger partial charge in [0.25, 0.3) is 0 Å². The standard InChI is InChI=1S/C30H30N2O6/c1-32-18-22(21-8-6-7-9-24(21)32)25(33)12-13-31-23-14-19(15-26(34)29(23)37-4)10-11-20-16-27(35-2)30(38-5)28(17-20)36-3/h6-11,13-18,34H,12H2,1-5H3/b11-10-,31-13?. The Morgan fingerprint density at radius 2 is 1.53 bits per heavy atom. The Morgan fingerprint density at radius 3 is 2.16 bits per heavy atom. The third kappa shape index (κ3) is 5.34. The number of hydrogen-bond donors (Lipinski definition) is 1. The lowest BCUT2D eigenvalue weighted by Crippen LogP contribution is -1.98. The van der Waals surface area contributed by atoms with Gasteiger partial charge in [-0.1, -0.05) is 30.4 Å². The van der Waals surface area contributed by atoms with E-state index in [4.69, 9.17) is 18.9 Å². The molecule has 3 aromatic carbocycles. The van der Waals surface area contributed by atoms with Crippen molar-refractivity contribution in [2.24, 2.45) is 12.0 Å². The van der Waals surface area contributed by atoms with Gasteiger partial charge in [-0.05, 0) is 41.5 Å². The van der Waals surface area contributed by atoms with Crippen LogP contribution in [0.5, 0.6) is 28.7 Å². The number of rotatable bonds is 10. The highest BCUT2D eigenvalue weighted by molar-refractivity contribution is 6.12. The van der Waals surface area contributed by atoms with Crippen LogP contribution < -0.4 is 18.9 Å². The molecule has 0 unspecified atom stereocenters. The molecule has 0 aliphatic heterocycles. The normalized spacial score (nSPS) is 11.4. The number of para-hydroxylation sites is 1. The summed E-state index contributed by atoms with van der Waals surface area (Å²) in [6.45, 7) is 0. The summed E-state index contributed by atoms with van der Waals surface area (Å²) in [6.07, 6.45) is 7.14. The number of aryl methyl sites for hydroxylation is 1. The second kappa shape index (κ2) is 11.6. The maximum Gasteiger partial charge on any atom is 0.203 e. The summed E-state index contributed by atoms with van der Waals surface area (Å²) in [5.74, 6) is 1.68. The van der Waals surface area contributed by atoms with Crippen molar-refractivity contribution in [3.05, 3.63) is 71.4 Å². The van der Waals surface area contributed by atoms with Crippen LogP contribution in [0.2, 0.25) is 0 Å². The first-order valence-electron chi connectivity index (χ1n) is 11.9. The number of carbonyl (C=O) groups is 1. The van der Waals surface area contributed by atoms with Gasteiger partial charge < -0.3 is 28.6 Å². The van der Waals surface area contributed by atoms with Gasteiger partial charge >= 0.3 is 0 Å². The number of phenolic OH excluding ortho intramolecular Hbond substituents is 1. The Hall–Kier alpha value is -4.72. The van der Waals surface area contributed by atoms with Crippen LogP contribution in [0.1, 0.15) is 27.9 Å². The molecule has 0 atom stereocenters. The van der Waals surface area contributed by atoms with E-state index in [-0.39, 0.29) is 23.7 Å². The molecule has 0 aliphatic carbocycles. The highest BCUT2D eigenvalue weighted by Gasteiger charge is 2.14. The van der Waals surface area contributed by atoms with E-state index in [9.17, 15) is 9.90 Å². The van der Waals surface area contributed by atoms with Crippen molar-refractivity contribution in [3.8, 4) is 28.7 Å². The maximum atomic E-state index is 12.9. The number of benzene rings is 3. The second-order valence-electron chi connectivity index (χ2n) is 8.49. The molecule has 8 nitrogen and oxygen atoms in total. The first-order valence-corrected chi connectivity index (χ1v) is 11.9. The van der Waals surface area contributed by atoms with Gasteiger partial charge in [-0.25, -0.2) is 0 Å². The zero-order chi connectivity index (χ0) is 27.2. The summed E-state index contributed by atoms with van der Waals surface area (Å²) < 4.78 is 23.5. The van der Waals surface area contributed by atoms with Gasteiger partial charge in [0.05, 0.1) is 28.4 Å². The zero-order valence-corrected chi connectivity index (χ0v) is 22.0. The van der Waals surface area contributed by atoms with Gasteiger partial charge in [-0.3, -0.25) is 9.79 Å². The Labute approximate surface area is 221 Å². The van der Waals surface area contributed by atoms with E-state index in [0.717, 1.165) is 16.5 Å². The first-order chi connectivity index (χ1) is 18.4. The highest BCUT2D eigenvalue weighted by Crippen LogP contribution is 2.40. The van der Waals surface area contributed by atoms with E-state index in [1.807, 2.05) is 66.4 Å². The second-order valence-corrected chi connectivity index (χ2v) is 8.49. The van der Waals surface area contributed by atoms with Gasteiger partial charge in [0, 0.05) is 42.3 Å². The quantitative estimate of drug-likeness (QED) is 0.157. The monoisotopic (exact) mass is 514 g/mol. The van der Waals surface area contributed by atoms with Crippen LogP contribution in [0.4, 0.5) is 5.69 Å². The number of Topliss-reactive ketones (excluding diaryl/α,β-unsaturated/α-hetero) is 1. The van der Waals surface area contributed by atoms with Crippen LogP contribution in [0.15, 0.2) is 59.7 Å². The third-order valence-electron chi connectivity index (χ3n) is 6.14. The largest absolute Gasteiger partial charge is 0.504 e. The van der Waals surface area contributed by atoms with Crippen LogP contribution >= 0.6 is 0 Å². The number of aromatic hydroxyl groups is 1. The summed E-state index contributed by atoms with van der Waals surface area (Å²) >= 11 is 0. The predicted molar refractivity (Wildman–Crippen MR) is 150 cm³/mol. The Morgan fingerprint density at radius 1 is 0.895 bits per heavy atom. The molecule has 1 aromatic heterocycles. The fraction of sp³-hybridized carbons (Fsp3) is 0.200. The van der Waals surface area contributed by atoms with E-state index in [2.05, 4.69) is 4.99 Å². The van der Waals surface area contributed by atoms with Crippen LogP contribution in [-0.2, 0) is 7.05 Å². The van der Waals surface area contributed by atoms with Gasteiger partial charge in [0.15, 0.2) is 28.8 Å². The molecule has 0 radical (unpaired) electrons. The average molecular weight is 515 g/mol. The molecule has 38 heavy (non-hydrogen) atoms. The van der Waals surface area contributed by atoms with Crippen molar-refractivity contribution in [2.45, 2.75) is 6.42 Å². The van der Waals surface area contributed by atoms with E-state index in [0.29, 0.717) is 34.1 Å². The molecule has 1 N–H and O–H groups in total.